The molecule has 2 aliphatic carbocycles. The van der Waals surface area contributed by atoms with E-state index in [0.29, 0.717) is 0 Å². The summed E-state index contributed by atoms with van der Waals surface area (Å²) >= 11 is 0. The molecule has 0 unspecified atom stereocenters. The van der Waals surface area contributed by atoms with Gasteiger partial charge in [0, 0.05) is 19.3 Å². The zero-order valence-corrected chi connectivity index (χ0v) is 19.4. The van der Waals surface area contributed by atoms with E-state index in [1.807, 2.05) is 0 Å². The Balaban J connectivity index is 1.32. The van der Waals surface area contributed by atoms with Crippen molar-refractivity contribution in [3.63, 3.8) is 0 Å². The van der Waals surface area contributed by atoms with E-state index in [9.17, 15) is 0 Å². The van der Waals surface area contributed by atoms with Crippen molar-refractivity contribution < 1.29 is 0 Å². The second kappa shape index (κ2) is 6.31. The molecule has 0 bridgehead atoms. The first-order valence-electron chi connectivity index (χ1n) is 12.7. The summed E-state index contributed by atoms with van der Waals surface area (Å²) in [5.74, 6) is 0. The third kappa shape index (κ3) is 2.29. The molecule has 0 amide bonds. The van der Waals surface area contributed by atoms with E-state index in [-0.39, 0.29) is 0 Å². The van der Waals surface area contributed by atoms with Gasteiger partial charge in [-0.05, 0) is 85.3 Å². The monoisotopic (exact) mass is 445 g/mol. The molecule has 0 fully saturated rings. The normalized spacial score (nSPS) is 14.9. The predicted molar refractivity (Wildman–Crippen MR) is 143 cm³/mol. The van der Waals surface area contributed by atoms with Crippen LogP contribution in [0.5, 0.6) is 0 Å². The quantitative estimate of drug-likeness (QED) is 0.228. The van der Waals surface area contributed by atoms with E-state index in [1.165, 1.54) is 83.8 Å². The van der Waals surface area contributed by atoms with E-state index in [0.717, 1.165) is 25.7 Å². The molecule has 5 aromatic carbocycles. The van der Waals surface area contributed by atoms with Crippen LogP contribution in [0.2, 0.25) is 0 Å². The molecule has 4 aliphatic rings. The van der Waals surface area contributed by atoms with Crippen molar-refractivity contribution in [3.8, 4) is 22.3 Å². The molecule has 0 aromatic heterocycles. The Labute approximate surface area is 205 Å². The zero-order chi connectivity index (χ0) is 22.7. The molecule has 2 heterocycles. The van der Waals surface area contributed by atoms with Crippen molar-refractivity contribution in [1.29, 1.82) is 0 Å². The van der Waals surface area contributed by atoms with Gasteiger partial charge in [-0.25, -0.2) is 0 Å². The molecule has 2 aliphatic heterocycles. The number of nitrogens with zero attached hydrogens (tertiary/aromatic N) is 1. The van der Waals surface area contributed by atoms with Crippen molar-refractivity contribution in [1.82, 2.24) is 0 Å². The minimum Gasteiger partial charge on any atom is -0.309 e. The fraction of sp³-hybridized carbons (Fsp3) is 0.118. The Morgan fingerprint density at radius 1 is 0.400 bits per heavy atom. The largest absolute Gasteiger partial charge is 0.309 e. The lowest BCUT2D eigenvalue weighted by atomic mass is 9.83. The van der Waals surface area contributed by atoms with Gasteiger partial charge in [-0.1, -0.05) is 78.9 Å². The summed E-state index contributed by atoms with van der Waals surface area (Å²) in [6.45, 7) is 0. The molecule has 0 saturated heterocycles. The third-order valence-corrected chi connectivity index (χ3v) is 8.69. The number of hydrogen-bond acceptors (Lipinski definition) is 1. The lowest BCUT2D eigenvalue weighted by molar-refractivity contribution is 0.998. The standard InChI is InChI=1S/C34H23N/c1-4-11-28-20(6-1)14-25-19-32-26(18-30(25)28)16-23-9-5-8-22-15-24-12-13-29-27-10-3-2-7-21(27)17-31(29)34(24)35(32)33(22)23/h1-13,18-19H,14-17H2. The van der Waals surface area contributed by atoms with Crippen LogP contribution in [0.4, 0.5) is 17.1 Å². The summed E-state index contributed by atoms with van der Waals surface area (Å²) < 4.78 is 0. The highest BCUT2D eigenvalue weighted by Crippen LogP contribution is 2.56. The predicted octanol–water partition coefficient (Wildman–Crippen LogP) is 8.11. The van der Waals surface area contributed by atoms with Crippen molar-refractivity contribution in [2.75, 3.05) is 4.90 Å². The van der Waals surface area contributed by atoms with Crippen LogP contribution in [0.15, 0.2) is 91.0 Å². The Morgan fingerprint density at radius 3 is 1.86 bits per heavy atom. The highest BCUT2D eigenvalue weighted by molar-refractivity contribution is 5.96. The van der Waals surface area contributed by atoms with Crippen LogP contribution in [0.3, 0.4) is 0 Å². The molecule has 0 atom stereocenters. The van der Waals surface area contributed by atoms with Gasteiger partial charge in [0.1, 0.15) is 0 Å². The molecule has 1 heteroatoms. The number of fused-ring (bicyclic) bond motifs is 11. The second-order valence-corrected chi connectivity index (χ2v) is 10.5. The first-order valence-corrected chi connectivity index (χ1v) is 12.7. The number of anilines is 3. The summed E-state index contributed by atoms with van der Waals surface area (Å²) in [5.41, 5.74) is 21.6. The summed E-state index contributed by atoms with van der Waals surface area (Å²) in [6, 6.07) is 34.6. The molecular weight excluding hydrogens is 422 g/mol. The maximum atomic E-state index is 2.65. The minimum absolute atomic E-state index is 1.01. The SMILES string of the molecule is c1ccc2c(c1)Cc1cc3c(cc1-2)Cc1cccc2c1N3c1c(ccc3c1Cc1ccccc1-3)C2. The van der Waals surface area contributed by atoms with E-state index >= 15 is 0 Å². The van der Waals surface area contributed by atoms with Crippen molar-refractivity contribution in [3.05, 3.63) is 136 Å². The Kier molecular flexibility index (Phi) is 3.29. The van der Waals surface area contributed by atoms with E-state index in [4.69, 9.17) is 0 Å². The van der Waals surface area contributed by atoms with Gasteiger partial charge in [0.25, 0.3) is 0 Å². The molecule has 35 heavy (non-hydrogen) atoms. The van der Waals surface area contributed by atoms with Crippen LogP contribution in [0, 0.1) is 0 Å². The molecule has 0 spiro atoms. The summed E-state index contributed by atoms with van der Waals surface area (Å²) in [4.78, 5) is 2.65. The number of para-hydroxylation sites is 1. The fourth-order valence-electron chi connectivity index (χ4n) is 7.21. The van der Waals surface area contributed by atoms with Crippen LogP contribution in [0.1, 0.15) is 44.5 Å². The topological polar surface area (TPSA) is 3.24 Å². The molecule has 0 saturated carbocycles. The Hall–Kier alpha value is -4.10. The van der Waals surface area contributed by atoms with E-state index in [2.05, 4.69) is 95.9 Å². The first kappa shape index (κ1) is 18.3. The summed E-state index contributed by atoms with van der Waals surface area (Å²) in [5, 5.41) is 0. The second-order valence-electron chi connectivity index (χ2n) is 10.5. The molecule has 9 rings (SSSR count). The highest BCUT2D eigenvalue weighted by Gasteiger charge is 2.36. The van der Waals surface area contributed by atoms with Gasteiger partial charge < -0.3 is 4.90 Å². The highest BCUT2D eigenvalue weighted by atomic mass is 15.2. The number of hydrogen-bond donors (Lipinski definition) is 0. The molecule has 164 valence electrons. The molecule has 0 N–H and O–H groups in total. The van der Waals surface area contributed by atoms with E-state index < -0.39 is 0 Å². The van der Waals surface area contributed by atoms with Gasteiger partial charge in [-0.15, -0.1) is 0 Å². The van der Waals surface area contributed by atoms with Crippen molar-refractivity contribution >= 4 is 17.1 Å². The van der Waals surface area contributed by atoms with Crippen molar-refractivity contribution in [2.24, 2.45) is 0 Å². The lowest BCUT2D eigenvalue weighted by Crippen LogP contribution is -2.26. The number of rotatable bonds is 0. The van der Waals surface area contributed by atoms with Crippen LogP contribution in [0.25, 0.3) is 22.3 Å². The number of benzene rings is 5. The van der Waals surface area contributed by atoms with Crippen LogP contribution in [-0.2, 0) is 25.7 Å². The maximum absolute atomic E-state index is 2.65. The first-order chi connectivity index (χ1) is 17.3. The maximum Gasteiger partial charge on any atom is 0.0538 e. The van der Waals surface area contributed by atoms with Crippen LogP contribution >= 0.6 is 0 Å². The van der Waals surface area contributed by atoms with E-state index in [1.54, 1.807) is 0 Å². The van der Waals surface area contributed by atoms with Crippen LogP contribution in [-0.4, -0.2) is 0 Å². The average molecular weight is 446 g/mol. The smallest absolute Gasteiger partial charge is 0.0538 e. The fourth-order valence-corrected chi connectivity index (χ4v) is 7.21. The molecule has 0 radical (unpaired) electrons. The summed E-state index contributed by atoms with van der Waals surface area (Å²) in [7, 11) is 0. The third-order valence-electron chi connectivity index (χ3n) is 8.69. The summed E-state index contributed by atoms with van der Waals surface area (Å²) in [6.07, 6.45) is 4.08. The minimum atomic E-state index is 1.01. The average Bonchev–Trinajstić information content (AvgIpc) is 3.45. The molecule has 5 aromatic rings. The van der Waals surface area contributed by atoms with Gasteiger partial charge >= 0.3 is 0 Å². The van der Waals surface area contributed by atoms with Crippen molar-refractivity contribution in [2.45, 2.75) is 25.7 Å². The van der Waals surface area contributed by atoms with Gasteiger partial charge in [0.15, 0.2) is 0 Å². The van der Waals surface area contributed by atoms with Crippen LogP contribution < -0.4 is 4.90 Å². The lowest BCUT2D eigenvalue weighted by Gasteiger charge is -2.41. The van der Waals surface area contributed by atoms with Gasteiger partial charge in [0.05, 0.1) is 17.1 Å². The Bertz CT molecular complexity index is 1760. The zero-order valence-electron chi connectivity index (χ0n) is 19.4. The van der Waals surface area contributed by atoms with Gasteiger partial charge in [0.2, 0.25) is 0 Å². The molecule has 1 nitrogen and oxygen atoms in total. The van der Waals surface area contributed by atoms with Gasteiger partial charge in [-0.3, -0.25) is 0 Å². The molecular formula is C34H23N. The Morgan fingerprint density at radius 2 is 1.03 bits per heavy atom. The van der Waals surface area contributed by atoms with Gasteiger partial charge in [-0.2, -0.15) is 0 Å².